The highest BCUT2D eigenvalue weighted by Crippen LogP contribution is 2.07. The summed E-state index contributed by atoms with van der Waals surface area (Å²) in [6.07, 6.45) is 11.1. The van der Waals surface area contributed by atoms with Gasteiger partial charge in [-0.15, -0.1) is 0 Å². The van der Waals surface area contributed by atoms with Crippen LogP contribution in [0.25, 0.3) is 0 Å². The SMILES string of the molecule is CCCCCC1=NC=[N+]=[N+]=C1CCCCC. The molecule has 0 unspecified atom stereocenters. The molecule has 1 rings (SSSR count). The van der Waals surface area contributed by atoms with E-state index < -0.39 is 0 Å². The maximum atomic E-state index is 4.36. The molecule has 0 aromatic heterocycles. The first-order valence-corrected chi connectivity index (χ1v) is 6.53. The zero-order chi connectivity index (χ0) is 11.6. The average molecular weight is 221 g/mol. The Kier molecular flexibility index (Phi) is 6.48. The molecule has 0 atom stereocenters. The molecule has 0 radical (unpaired) electrons. The van der Waals surface area contributed by atoms with E-state index in [1.54, 1.807) is 6.34 Å². The summed E-state index contributed by atoms with van der Waals surface area (Å²) in [6.45, 7) is 4.44. The predicted molar refractivity (Wildman–Crippen MR) is 67.3 cm³/mol. The molecular weight excluding hydrogens is 198 g/mol. The molecule has 3 heteroatoms. The standard InChI is InChI=1S/C13H23N3/c1-3-5-7-9-12-13(10-8-6-4-2)16-15-11-14-12/h11H,3-10H2,1-2H3/q+2. The Bertz CT molecular complexity index is 329. The van der Waals surface area contributed by atoms with E-state index in [0.717, 1.165) is 18.6 Å². The van der Waals surface area contributed by atoms with Crippen molar-refractivity contribution in [3.8, 4) is 0 Å². The van der Waals surface area contributed by atoms with E-state index in [1.807, 2.05) is 0 Å². The van der Waals surface area contributed by atoms with E-state index in [0.29, 0.717) is 0 Å². The molecule has 0 aromatic rings. The summed E-state index contributed by atoms with van der Waals surface area (Å²) in [5.74, 6) is 0. The Morgan fingerprint density at radius 1 is 1.00 bits per heavy atom. The zero-order valence-electron chi connectivity index (χ0n) is 10.6. The lowest BCUT2D eigenvalue weighted by Gasteiger charge is -1.95. The number of unbranched alkanes of at least 4 members (excludes halogenated alkanes) is 4. The van der Waals surface area contributed by atoms with Gasteiger partial charge in [-0.1, -0.05) is 39.5 Å². The maximum absolute atomic E-state index is 4.36. The third-order valence-electron chi connectivity index (χ3n) is 2.81. The molecule has 0 aliphatic carbocycles. The fraction of sp³-hybridized carbons (Fsp3) is 0.769. The summed E-state index contributed by atoms with van der Waals surface area (Å²) in [7, 11) is 0. The van der Waals surface area contributed by atoms with Crippen molar-refractivity contribution in [2.24, 2.45) is 4.99 Å². The Morgan fingerprint density at radius 3 is 2.38 bits per heavy atom. The van der Waals surface area contributed by atoms with Gasteiger partial charge in [0.2, 0.25) is 10.5 Å². The molecule has 1 aliphatic rings. The molecule has 0 saturated carbocycles. The van der Waals surface area contributed by atoms with Gasteiger partial charge >= 0.3 is 12.1 Å². The molecule has 1 aliphatic heterocycles. The van der Waals surface area contributed by atoms with Crippen LogP contribution < -0.4 is 0 Å². The van der Waals surface area contributed by atoms with Gasteiger partial charge in [-0.3, -0.25) is 0 Å². The van der Waals surface area contributed by atoms with Crippen LogP contribution in [0.2, 0.25) is 0 Å². The molecule has 0 bridgehead atoms. The quantitative estimate of drug-likeness (QED) is 0.447. The molecule has 0 amide bonds. The topological polar surface area (TPSA) is 40.6 Å². The second-order valence-corrected chi connectivity index (χ2v) is 4.27. The Hall–Kier alpha value is -1.17. The van der Waals surface area contributed by atoms with E-state index in [2.05, 4.69) is 28.4 Å². The zero-order valence-corrected chi connectivity index (χ0v) is 10.6. The minimum absolute atomic E-state index is 1.04. The first-order valence-electron chi connectivity index (χ1n) is 6.53. The van der Waals surface area contributed by atoms with E-state index in [-0.39, 0.29) is 0 Å². The average Bonchev–Trinajstić information content (AvgIpc) is 2.32. The monoisotopic (exact) mass is 221 g/mol. The number of hydrogen-bond donors (Lipinski definition) is 0. The van der Waals surface area contributed by atoms with E-state index in [1.165, 1.54) is 44.2 Å². The fourth-order valence-electron chi connectivity index (χ4n) is 1.81. The van der Waals surface area contributed by atoms with Gasteiger partial charge in [-0.2, -0.15) is 0 Å². The van der Waals surface area contributed by atoms with E-state index >= 15 is 0 Å². The van der Waals surface area contributed by atoms with Crippen LogP contribution in [0.15, 0.2) is 4.99 Å². The highest BCUT2D eigenvalue weighted by molar-refractivity contribution is 6.41. The smallest absolute Gasteiger partial charge is 0.0654 e. The van der Waals surface area contributed by atoms with E-state index in [4.69, 9.17) is 0 Å². The third-order valence-corrected chi connectivity index (χ3v) is 2.81. The van der Waals surface area contributed by atoms with Crippen LogP contribution in [-0.2, 0) is 0 Å². The van der Waals surface area contributed by atoms with Crippen LogP contribution >= 0.6 is 0 Å². The number of hydrogen-bond acceptors (Lipinski definition) is 1. The molecule has 1 heterocycles. The van der Waals surface area contributed by atoms with Crippen molar-refractivity contribution in [1.82, 2.24) is 0 Å². The van der Waals surface area contributed by atoms with Crippen LogP contribution in [0.5, 0.6) is 0 Å². The van der Waals surface area contributed by atoms with Crippen LogP contribution in [0.4, 0.5) is 0 Å². The normalized spacial score (nSPS) is 13.9. The second kappa shape index (κ2) is 8.04. The second-order valence-electron chi connectivity index (χ2n) is 4.27. The molecule has 0 aromatic carbocycles. The van der Waals surface area contributed by atoms with Crippen molar-refractivity contribution in [1.29, 1.82) is 0 Å². The Morgan fingerprint density at radius 2 is 1.69 bits per heavy atom. The van der Waals surface area contributed by atoms with Gasteiger partial charge in [0.25, 0.3) is 0 Å². The van der Waals surface area contributed by atoms with Crippen molar-refractivity contribution < 1.29 is 9.58 Å². The lowest BCUT2D eigenvalue weighted by Crippen LogP contribution is -2.18. The van der Waals surface area contributed by atoms with Gasteiger partial charge in [0, 0.05) is 6.42 Å². The molecule has 88 valence electrons. The lowest BCUT2D eigenvalue weighted by molar-refractivity contribution is -0.546. The van der Waals surface area contributed by atoms with Crippen molar-refractivity contribution >= 4 is 17.8 Å². The first-order chi connectivity index (χ1) is 7.88. The molecule has 3 nitrogen and oxygen atoms in total. The minimum Gasteiger partial charge on any atom is -0.0654 e. The summed E-state index contributed by atoms with van der Waals surface area (Å²) in [4.78, 5) is 12.5. The Balaban J connectivity index is 2.42. The molecule has 0 N–H and O–H groups in total. The lowest BCUT2D eigenvalue weighted by atomic mass is 10.0. The van der Waals surface area contributed by atoms with E-state index in [9.17, 15) is 0 Å². The third kappa shape index (κ3) is 4.57. The molecular formula is C13H23N3+2. The Labute approximate surface area is 98.1 Å². The largest absolute Gasteiger partial charge is 0.474 e. The predicted octanol–water partition coefficient (Wildman–Crippen LogP) is 2.94. The summed E-state index contributed by atoms with van der Waals surface area (Å²) in [5, 5.41) is 0. The summed E-state index contributed by atoms with van der Waals surface area (Å²) in [5.41, 5.74) is 2.28. The highest BCUT2D eigenvalue weighted by Gasteiger charge is 2.28. The van der Waals surface area contributed by atoms with Crippen molar-refractivity contribution in [3.05, 3.63) is 0 Å². The van der Waals surface area contributed by atoms with Crippen LogP contribution in [0.3, 0.4) is 0 Å². The number of nitrogens with zero attached hydrogens (tertiary/aromatic N) is 3. The first kappa shape index (κ1) is 12.9. The summed E-state index contributed by atoms with van der Waals surface area (Å²) >= 11 is 0. The molecule has 0 spiro atoms. The molecule has 0 fully saturated rings. The number of aliphatic imine (C=N–C) groups is 1. The maximum Gasteiger partial charge on any atom is 0.474 e. The van der Waals surface area contributed by atoms with Crippen LogP contribution in [0, 0.1) is 0 Å². The van der Waals surface area contributed by atoms with Crippen molar-refractivity contribution in [3.63, 3.8) is 0 Å². The van der Waals surface area contributed by atoms with Crippen molar-refractivity contribution in [2.75, 3.05) is 0 Å². The van der Waals surface area contributed by atoms with Gasteiger partial charge in [0.1, 0.15) is 0 Å². The number of rotatable bonds is 8. The highest BCUT2D eigenvalue weighted by atomic mass is 15.0. The van der Waals surface area contributed by atoms with Crippen LogP contribution in [-0.4, -0.2) is 27.3 Å². The molecule has 0 saturated heterocycles. The van der Waals surface area contributed by atoms with Crippen molar-refractivity contribution in [2.45, 2.75) is 65.2 Å². The summed E-state index contributed by atoms with van der Waals surface area (Å²) in [6, 6.07) is 0. The van der Waals surface area contributed by atoms with Gasteiger partial charge in [-0.05, 0) is 17.8 Å². The molecule has 16 heavy (non-hydrogen) atoms. The fourth-order valence-corrected chi connectivity index (χ4v) is 1.81. The van der Waals surface area contributed by atoms with Gasteiger partial charge in [-0.25, -0.2) is 0 Å². The van der Waals surface area contributed by atoms with Gasteiger partial charge in [0.15, 0.2) is 4.79 Å². The summed E-state index contributed by atoms with van der Waals surface area (Å²) < 4.78 is 0. The van der Waals surface area contributed by atoms with Gasteiger partial charge < -0.3 is 0 Å². The minimum atomic E-state index is 1.04. The van der Waals surface area contributed by atoms with Crippen LogP contribution in [0.1, 0.15) is 65.2 Å². The van der Waals surface area contributed by atoms with Gasteiger partial charge in [0.05, 0.1) is 6.42 Å².